The molecule has 1 N–H and O–H groups in total. The summed E-state index contributed by atoms with van der Waals surface area (Å²) in [6.07, 6.45) is 1.57. The number of nitrogens with one attached hydrogen (secondary N) is 1. The fourth-order valence-electron chi connectivity index (χ4n) is 3.39. The van der Waals surface area contributed by atoms with Crippen LogP contribution < -0.4 is 10.1 Å². The molecule has 0 saturated carbocycles. The summed E-state index contributed by atoms with van der Waals surface area (Å²) in [6.45, 7) is 5.09. The fourth-order valence-corrected chi connectivity index (χ4v) is 3.39. The first-order valence-electron chi connectivity index (χ1n) is 7.92. The number of morpholine rings is 1. The number of hydrogen-bond donors (Lipinski definition) is 1. The molecule has 2 aliphatic heterocycles. The molecule has 1 aromatic carbocycles. The Kier molecular flexibility index (Phi) is 4.36. The van der Waals surface area contributed by atoms with Crippen molar-refractivity contribution in [2.75, 3.05) is 26.7 Å². The third-order valence-corrected chi connectivity index (χ3v) is 4.61. The van der Waals surface area contributed by atoms with Gasteiger partial charge in [-0.15, -0.1) is 0 Å². The van der Waals surface area contributed by atoms with E-state index in [0.717, 1.165) is 37.2 Å². The minimum absolute atomic E-state index is 0.0833. The molecule has 2 fully saturated rings. The molecule has 2 aliphatic rings. The van der Waals surface area contributed by atoms with Crippen LogP contribution >= 0.6 is 0 Å². The zero-order valence-electron chi connectivity index (χ0n) is 13.3. The predicted molar refractivity (Wildman–Crippen MR) is 83.8 cm³/mol. The van der Waals surface area contributed by atoms with Gasteiger partial charge >= 0.3 is 0 Å². The van der Waals surface area contributed by atoms with E-state index in [1.54, 1.807) is 7.11 Å². The van der Waals surface area contributed by atoms with Gasteiger partial charge in [0.15, 0.2) is 0 Å². The van der Waals surface area contributed by atoms with Gasteiger partial charge in [0.05, 0.1) is 19.3 Å². The second-order valence-electron chi connectivity index (χ2n) is 6.24. The Balaban J connectivity index is 1.73. The van der Waals surface area contributed by atoms with Gasteiger partial charge in [-0.1, -0.05) is 12.1 Å². The molecule has 1 spiro atoms. The van der Waals surface area contributed by atoms with Crippen LogP contribution in [-0.2, 0) is 16.1 Å². The van der Waals surface area contributed by atoms with Crippen LogP contribution in [0.2, 0.25) is 0 Å². The van der Waals surface area contributed by atoms with Gasteiger partial charge in [0.1, 0.15) is 11.9 Å². The number of methoxy groups -OCH3 is 1. The quantitative estimate of drug-likeness (QED) is 0.921. The molecule has 2 saturated heterocycles. The van der Waals surface area contributed by atoms with Crippen LogP contribution in [0.4, 0.5) is 0 Å². The summed E-state index contributed by atoms with van der Waals surface area (Å²) in [5.41, 5.74) is 0.942. The van der Waals surface area contributed by atoms with Gasteiger partial charge in [0, 0.05) is 6.54 Å². The molecule has 0 radical (unpaired) electrons. The highest BCUT2D eigenvalue weighted by Gasteiger charge is 2.43. The Labute approximate surface area is 131 Å². The highest BCUT2D eigenvalue weighted by molar-refractivity contribution is 5.81. The van der Waals surface area contributed by atoms with E-state index in [1.807, 2.05) is 36.1 Å². The average Bonchev–Trinajstić information content (AvgIpc) is 2.54. The Morgan fingerprint density at radius 1 is 1.32 bits per heavy atom. The monoisotopic (exact) mass is 304 g/mol. The van der Waals surface area contributed by atoms with E-state index >= 15 is 0 Å². The summed E-state index contributed by atoms with van der Waals surface area (Å²) in [5, 5.41) is 3.36. The first-order valence-corrected chi connectivity index (χ1v) is 7.92. The molecule has 1 unspecified atom stereocenters. The molecule has 0 aromatic heterocycles. The van der Waals surface area contributed by atoms with Crippen molar-refractivity contribution in [3.05, 3.63) is 29.8 Å². The Hall–Kier alpha value is -1.59. The zero-order chi connectivity index (χ0) is 15.6. The number of benzene rings is 1. The molecule has 1 amide bonds. The highest BCUT2D eigenvalue weighted by atomic mass is 16.5. The lowest BCUT2D eigenvalue weighted by atomic mass is 9.89. The van der Waals surface area contributed by atoms with Crippen LogP contribution in [0.3, 0.4) is 0 Å². The lowest BCUT2D eigenvalue weighted by Gasteiger charge is -2.47. The van der Waals surface area contributed by atoms with Crippen LogP contribution in [0, 0.1) is 0 Å². The van der Waals surface area contributed by atoms with Crippen LogP contribution in [0.25, 0.3) is 0 Å². The molecule has 120 valence electrons. The van der Waals surface area contributed by atoms with Crippen molar-refractivity contribution < 1.29 is 14.3 Å². The summed E-state index contributed by atoms with van der Waals surface area (Å²) in [7, 11) is 1.66. The van der Waals surface area contributed by atoms with Crippen LogP contribution in [0.15, 0.2) is 24.3 Å². The van der Waals surface area contributed by atoms with E-state index in [2.05, 4.69) is 5.32 Å². The third-order valence-electron chi connectivity index (χ3n) is 4.61. The predicted octanol–water partition coefficient (Wildman–Crippen LogP) is 1.56. The van der Waals surface area contributed by atoms with Gasteiger partial charge in [-0.05, 0) is 50.6 Å². The summed E-state index contributed by atoms with van der Waals surface area (Å²) >= 11 is 0. The summed E-state index contributed by atoms with van der Waals surface area (Å²) in [5.74, 6) is 0.917. The van der Waals surface area contributed by atoms with Crippen LogP contribution in [-0.4, -0.2) is 49.3 Å². The lowest BCUT2D eigenvalue weighted by Crippen LogP contribution is -2.60. The molecule has 0 aliphatic carbocycles. The summed E-state index contributed by atoms with van der Waals surface area (Å²) in [4.78, 5) is 14.4. The van der Waals surface area contributed by atoms with E-state index in [9.17, 15) is 4.79 Å². The Bertz CT molecular complexity index is 523. The standard InChI is InChI=1S/C17H24N2O3/c1-13-16(20)19(11-14-3-5-15(21-2)6-4-14)12-17(22-13)7-9-18-10-8-17/h3-6,13,18H,7-12H2,1-2H3. The molecule has 5 nitrogen and oxygen atoms in total. The fraction of sp³-hybridized carbons (Fsp3) is 0.588. The Morgan fingerprint density at radius 3 is 2.64 bits per heavy atom. The molecule has 2 heterocycles. The summed E-state index contributed by atoms with van der Waals surface area (Å²) in [6, 6.07) is 7.90. The number of hydrogen-bond acceptors (Lipinski definition) is 4. The topological polar surface area (TPSA) is 50.8 Å². The van der Waals surface area contributed by atoms with Gasteiger partial charge in [-0.2, -0.15) is 0 Å². The van der Waals surface area contributed by atoms with Gasteiger partial charge in [-0.3, -0.25) is 4.79 Å². The minimum atomic E-state index is -0.356. The largest absolute Gasteiger partial charge is 0.497 e. The van der Waals surface area contributed by atoms with Crippen LogP contribution in [0.5, 0.6) is 5.75 Å². The van der Waals surface area contributed by atoms with Gasteiger partial charge in [0.25, 0.3) is 5.91 Å². The zero-order valence-corrected chi connectivity index (χ0v) is 13.3. The second-order valence-corrected chi connectivity index (χ2v) is 6.24. The number of ether oxygens (including phenoxy) is 2. The molecule has 1 aromatic rings. The molecule has 22 heavy (non-hydrogen) atoms. The van der Waals surface area contributed by atoms with Crippen molar-refractivity contribution in [2.45, 2.75) is 38.0 Å². The molecule has 3 rings (SSSR count). The lowest BCUT2D eigenvalue weighted by molar-refractivity contribution is -0.186. The number of carbonyl (C=O) groups excluding carboxylic acids is 1. The van der Waals surface area contributed by atoms with Gasteiger partial charge in [0.2, 0.25) is 0 Å². The van der Waals surface area contributed by atoms with E-state index < -0.39 is 0 Å². The summed E-state index contributed by atoms with van der Waals surface area (Å²) < 4.78 is 11.3. The van der Waals surface area contributed by atoms with Gasteiger partial charge < -0.3 is 19.7 Å². The smallest absolute Gasteiger partial charge is 0.251 e. The molecule has 0 bridgehead atoms. The minimum Gasteiger partial charge on any atom is -0.497 e. The van der Waals surface area contributed by atoms with Crippen molar-refractivity contribution in [3.63, 3.8) is 0 Å². The van der Waals surface area contributed by atoms with Gasteiger partial charge in [-0.25, -0.2) is 0 Å². The maximum Gasteiger partial charge on any atom is 0.251 e. The maximum absolute atomic E-state index is 12.4. The average molecular weight is 304 g/mol. The maximum atomic E-state index is 12.4. The van der Waals surface area contributed by atoms with Crippen molar-refractivity contribution in [1.29, 1.82) is 0 Å². The number of piperidine rings is 1. The van der Waals surface area contributed by atoms with Crippen molar-refractivity contribution >= 4 is 5.91 Å². The van der Waals surface area contributed by atoms with E-state index in [1.165, 1.54) is 0 Å². The highest BCUT2D eigenvalue weighted by Crippen LogP contribution is 2.31. The third kappa shape index (κ3) is 3.10. The molecular formula is C17H24N2O3. The number of amides is 1. The first kappa shape index (κ1) is 15.3. The molecule has 5 heteroatoms. The van der Waals surface area contributed by atoms with E-state index in [4.69, 9.17) is 9.47 Å². The number of rotatable bonds is 3. The first-order chi connectivity index (χ1) is 10.6. The number of nitrogens with zero attached hydrogens (tertiary/aromatic N) is 1. The normalized spacial score (nSPS) is 24.5. The number of carbonyl (C=O) groups is 1. The van der Waals surface area contributed by atoms with Crippen molar-refractivity contribution in [3.8, 4) is 5.75 Å². The van der Waals surface area contributed by atoms with E-state index in [0.29, 0.717) is 13.1 Å². The SMILES string of the molecule is COc1ccc(CN2CC3(CCNCC3)OC(C)C2=O)cc1. The van der Waals surface area contributed by atoms with Crippen molar-refractivity contribution in [2.24, 2.45) is 0 Å². The second kappa shape index (κ2) is 6.26. The Morgan fingerprint density at radius 2 is 2.00 bits per heavy atom. The van der Waals surface area contributed by atoms with E-state index in [-0.39, 0.29) is 17.6 Å². The van der Waals surface area contributed by atoms with Crippen LogP contribution in [0.1, 0.15) is 25.3 Å². The molecular weight excluding hydrogens is 280 g/mol. The van der Waals surface area contributed by atoms with Crippen molar-refractivity contribution in [1.82, 2.24) is 10.2 Å². The molecule has 1 atom stereocenters.